The van der Waals surface area contributed by atoms with Gasteiger partial charge in [-0.25, -0.2) is 0 Å². The van der Waals surface area contributed by atoms with Gasteiger partial charge in [0.2, 0.25) is 0 Å². The van der Waals surface area contributed by atoms with Gasteiger partial charge in [-0.1, -0.05) is 23.7 Å². The van der Waals surface area contributed by atoms with Crippen molar-refractivity contribution in [2.24, 2.45) is 0 Å². The molecule has 0 heterocycles. The molecule has 2 N–H and O–H groups in total. The van der Waals surface area contributed by atoms with Crippen LogP contribution < -0.4 is 14.8 Å². The Kier molecular flexibility index (Phi) is 6.28. The van der Waals surface area contributed by atoms with Crippen LogP contribution in [0.4, 0.5) is 0 Å². The molecule has 0 aromatic heterocycles. The molecule has 2 aromatic carbocycles. The van der Waals surface area contributed by atoms with E-state index in [0.717, 1.165) is 22.6 Å². The Morgan fingerprint density at radius 2 is 1.78 bits per heavy atom. The predicted molar refractivity (Wildman–Crippen MR) is 92.4 cm³/mol. The number of ether oxygens (including phenoxy) is 2. The predicted octanol–water partition coefficient (Wildman–Crippen LogP) is 3.74. The van der Waals surface area contributed by atoms with Crippen LogP contribution in [-0.2, 0) is 0 Å². The van der Waals surface area contributed by atoms with Gasteiger partial charge in [0.1, 0.15) is 11.5 Å². The molecule has 23 heavy (non-hydrogen) atoms. The van der Waals surface area contributed by atoms with E-state index in [4.69, 9.17) is 21.1 Å². The van der Waals surface area contributed by atoms with Crippen LogP contribution in [0.2, 0.25) is 5.02 Å². The van der Waals surface area contributed by atoms with Gasteiger partial charge in [-0.3, -0.25) is 0 Å². The summed E-state index contributed by atoms with van der Waals surface area (Å²) in [6.07, 6.45) is 0. The highest BCUT2D eigenvalue weighted by Crippen LogP contribution is 2.30. The summed E-state index contributed by atoms with van der Waals surface area (Å²) in [6, 6.07) is 12.9. The second kappa shape index (κ2) is 8.20. The van der Waals surface area contributed by atoms with E-state index < -0.39 is 0 Å². The lowest BCUT2D eigenvalue weighted by atomic mass is 10.0. The van der Waals surface area contributed by atoms with Crippen molar-refractivity contribution in [2.45, 2.75) is 19.0 Å². The lowest BCUT2D eigenvalue weighted by Gasteiger charge is -2.24. The third-order valence-corrected chi connectivity index (χ3v) is 4.06. The van der Waals surface area contributed by atoms with Crippen LogP contribution in [-0.4, -0.2) is 25.9 Å². The molecule has 124 valence electrons. The van der Waals surface area contributed by atoms with E-state index in [-0.39, 0.29) is 18.7 Å². The zero-order valence-corrected chi connectivity index (χ0v) is 14.3. The maximum absolute atomic E-state index is 9.72. The first-order valence-electron chi connectivity index (χ1n) is 7.43. The minimum Gasteiger partial charge on any atom is -0.497 e. The Balaban J connectivity index is 2.22. The average molecular weight is 336 g/mol. The van der Waals surface area contributed by atoms with Crippen LogP contribution in [0.5, 0.6) is 11.5 Å². The fraction of sp³-hybridized carbons (Fsp3) is 0.333. The molecule has 0 saturated heterocycles. The van der Waals surface area contributed by atoms with Crippen molar-refractivity contribution in [1.82, 2.24) is 5.32 Å². The maximum Gasteiger partial charge on any atom is 0.123 e. The summed E-state index contributed by atoms with van der Waals surface area (Å²) in [5.41, 5.74) is 1.95. The highest BCUT2D eigenvalue weighted by Gasteiger charge is 2.18. The number of hydrogen-bond donors (Lipinski definition) is 2. The Morgan fingerprint density at radius 1 is 1.09 bits per heavy atom. The molecule has 2 aromatic rings. The molecule has 0 fully saturated rings. The molecule has 4 nitrogen and oxygen atoms in total. The molecule has 2 atom stereocenters. The number of aliphatic hydroxyl groups excluding tert-OH is 1. The summed E-state index contributed by atoms with van der Waals surface area (Å²) < 4.78 is 10.7. The summed E-state index contributed by atoms with van der Waals surface area (Å²) in [4.78, 5) is 0. The van der Waals surface area contributed by atoms with Crippen LogP contribution in [0, 0.1) is 0 Å². The van der Waals surface area contributed by atoms with Crippen LogP contribution in [0.25, 0.3) is 0 Å². The summed E-state index contributed by atoms with van der Waals surface area (Å²) >= 11 is 5.92. The van der Waals surface area contributed by atoms with E-state index in [2.05, 4.69) is 5.32 Å². The van der Waals surface area contributed by atoms with Crippen molar-refractivity contribution in [1.29, 1.82) is 0 Å². The fourth-order valence-electron chi connectivity index (χ4n) is 2.52. The van der Waals surface area contributed by atoms with Crippen LogP contribution in [0.15, 0.2) is 42.5 Å². The normalized spacial score (nSPS) is 13.4. The van der Waals surface area contributed by atoms with Gasteiger partial charge in [-0.05, 0) is 42.8 Å². The highest BCUT2D eigenvalue weighted by atomic mass is 35.5. The summed E-state index contributed by atoms with van der Waals surface area (Å²) in [5, 5.41) is 13.8. The molecular weight excluding hydrogens is 314 g/mol. The van der Waals surface area contributed by atoms with Gasteiger partial charge >= 0.3 is 0 Å². The Hall–Kier alpha value is -1.75. The Labute approximate surface area is 142 Å². The number of halogens is 1. The molecule has 2 unspecified atom stereocenters. The van der Waals surface area contributed by atoms with Gasteiger partial charge in [0.15, 0.2) is 0 Å². The quantitative estimate of drug-likeness (QED) is 0.809. The number of benzene rings is 2. The third-order valence-electron chi connectivity index (χ3n) is 3.81. The smallest absolute Gasteiger partial charge is 0.123 e. The highest BCUT2D eigenvalue weighted by molar-refractivity contribution is 6.30. The standard InChI is InChI=1S/C18H22ClNO3/c1-12(16-10-15(22-2)8-9-18(16)23-3)20-17(11-21)13-4-6-14(19)7-5-13/h4-10,12,17,20-21H,11H2,1-3H3. The molecule has 0 spiro atoms. The van der Waals surface area contributed by atoms with Gasteiger partial charge in [0, 0.05) is 16.6 Å². The summed E-state index contributed by atoms with van der Waals surface area (Å²) in [5.74, 6) is 1.54. The molecule has 0 bridgehead atoms. The molecule has 0 aliphatic heterocycles. The molecule has 5 heteroatoms. The van der Waals surface area contributed by atoms with Gasteiger partial charge < -0.3 is 19.9 Å². The maximum atomic E-state index is 9.72. The number of hydrogen-bond acceptors (Lipinski definition) is 4. The van der Waals surface area contributed by atoms with Crippen molar-refractivity contribution < 1.29 is 14.6 Å². The van der Waals surface area contributed by atoms with E-state index in [0.29, 0.717) is 5.02 Å². The minimum atomic E-state index is -0.196. The van der Waals surface area contributed by atoms with E-state index in [1.54, 1.807) is 14.2 Å². The second-order valence-corrected chi connectivity index (χ2v) is 5.72. The number of rotatable bonds is 7. The molecule has 0 radical (unpaired) electrons. The van der Waals surface area contributed by atoms with E-state index >= 15 is 0 Å². The zero-order valence-electron chi connectivity index (χ0n) is 13.5. The third kappa shape index (κ3) is 4.38. The monoisotopic (exact) mass is 335 g/mol. The second-order valence-electron chi connectivity index (χ2n) is 5.28. The van der Waals surface area contributed by atoms with Crippen LogP contribution >= 0.6 is 11.6 Å². The first-order chi connectivity index (χ1) is 11.1. The van der Waals surface area contributed by atoms with Gasteiger partial charge in [-0.15, -0.1) is 0 Å². The van der Waals surface area contributed by atoms with Crippen LogP contribution in [0.1, 0.15) is 30.1 Å². The first kappa shape index (κ1) is 17.6. The van der Waals surface area contributed by atoms with Gasteiger partial charge in [0.05, 0.1) is 26.9 Å². The zero-order chi connectivity index (χ0) is 16.8. The van der Waals surface area contributed by atoms with E-state index in [1.165, 1.54) is 0 Å². The number of aliphatic hydroxyl groups is 1. The summed E-state index contributed by atoms with van der Waals surface area (Å²) in [6.45, 7) is 2.01. The Morgan fingerprint density at radius 3 is 2.35 bits per heavy atom. The van der Waals surface area contributed by atoms with Crippen molar-refractivity contribution in [3.8, 4) is 11.5 Å². The number of nitrogens with one attached hydrogen (secondary N) is 1. The Bertz CT molecular complexity index is 631. The molecular formula is C18H22ClNO3. The van der Waals surface area contributed by atoms with E-state index in [1.807, 2.05) is 49.4 Å². The van der Waals surface area contributed by atoms with Crippen molar-refractivity contribution in [3.05, 3.63) is 58.6 Å². The fourth-order valence-corrected chi connectivity index (χ4v) is 2.64. The SMILES string of the molecule is COc1ccc(OC)c(C(C)NC(CO)c2ccc(Cl)cc2)c1. The van der Waals surface area contributed by atoms with Gasteiger partial charge in [0.25, 0.3) is 0 Å². The summed E-state index contributed by atoms with van der Waals surface area (Å²) in [7, 11) is 3.27. The van der Waals surface area contributed by atoms with Crippen LogP contribution in [0.3, 0.4) is 0 Å². The molecule has 0 aliphatic carbocycles. The number of methoxy groups -OCH3 is 2. The molecule has 0 aliphatic rings. The van der Waals surface area contributed by atoms with E-state index in [9.17, 15) is 5.11 Å². The molecule has 0 saturated carbocycles. The molecule has 2 rings (SSSR count). The van der Waals surface area contributed by atoms with Crippen molar-refractivity contribution in [2.75, 3.05) is 20.8 Å². The minimum absolute atomic E-state index is 0.0156. The molecule has 0 amide bonds. The largest absolute Gasteiger partial charge is 0.497 e. The first-order valence-corrected chi connectivity index (χ1v) is 7.81. The topological polar surface area (TPSA) is 50.7 Å². The van der Waals surface area contributed by atoms with Crippen molar-refractivity contribution in [3.63, 3.8) is 0 Å². The average Bonchev–Trinajstić information content (AvgIpc) is 2.59. The van der Waals surface area contributed by atoms with Gasteiger partial charge in [-0.2, -0.15) is 0 Å². The van der Waals surface area contributed by atoms with Crippen molar-refractivity contribution >= 4 is 11.6 Å². The lowest BCUT2D eigenvalue weighted by Crippen LogP contribution is -2.27. The lowest BCUT2D eigenvalue weighted by molar-refractivity contribution is 0.234.